The number of hydrogen-bond donors (Lipinski definition) is 0. The molecular weight excluding hydrogens is 427 g/mol. The zero-order chi connectivity index (χ0) is 22.3. The molecule has 3 aromatic carbocycles. The number of para-hydroxylation sites is 1. The fourth-order valence-corrected chi connectivity index (χ4v) is 3.80. The standard InChI is InChI=1S/C24H17FN4O2S/c25-21-12-5-4-11-20(21)23-27-28-24(29(23)19-9-2-1-3-10-19)32-16-22(30)31-15-18-8-6-7-17(13-18)14-26/h1-13H,15-16H2. The minimum atomic E-state index is -0.438. The van der Waals surface area contributed by atoms with Crippen LogP contribution in [0.3, 0.4) is 0 Å². The molecule has 0 aliphatic rings. The number of halogens is 1. The van der Waals surface area contributed by atoms with Crippen LogP contribution < -0.4 is 0 Å². The van der Waals surface area contributed by atoms with E-state index in [9.17, 15) is 9.18 Å². The lowest BCUT2D eigenvalue weighted by Crippen LogP contribution is -2.08. The minimum Gasteiger partial charge on any atom is -0.460 e. The van der Waals surface area contributed by atoms with E-state index in [1.165, 1.54) is 6.07 Å². The molecule has 0 aliphatic carbocycles. The Bertz CT molecular complexity index is 1280. The van der Waals surface area contributed by atoms with Crippen LogP contribution in [0, 0.1) is 17.1 Å². The van der Waals surface area contributed by atoms with Crippen LogP contribution >= 0.6 is 11.8 Å². The molecule has 0 atom stereocenters. The second-order valence-corrected chi connectivity index (χ2v) is 7.66. The topological polar surface area (TPSA) is 80.8 Å². The van der Waals surface area contributed by atoms with Crippen molar-refractivity contribution >= 4 is 17.7 Å². The van der Waals surface area contributed by atoms with Crippen molar-refractivity contribution in [3.8, 4) is 23.1 Å². The predicted molar refractivity (Wildman–Crippen MR) is 118 cm³/mol. The third kappa shape index (κ3) is 4.85. The first kappa shape index (κ1) is 21.3. The van der Waals surface area contributed by atoms with Crippen molar-refractivity contribution in [3.05, 3.63) is 95.8 Å². The van der Waals surface area contributed by atoms with E-state index < -0.39 is 11.8 Å². The van der Waals surface area contributed by atoms with Crippen molar-refractivity contribution in [1.82, 2.24) is 14.8 Å². The fourth-order valence-electron chi connectivity index (χ4n) is 3.05. The molecule has 0 aliphatic heterocycles. The van der Waals surface area contributed by atoms with Crippen molar-refractivity contribution < 1.29 is 13.9 Å². The summed E-state index contributed by atoms with van der Waals surface area (Å²) in [6, 6.07) is 24.6. The zero-order valence-electron chi connectivity index (χ0n) is 16.8. The van der Waals surface area contributed by atoms with Crippen LogP contribution in [0.25, 0.3) is 17.1 Å². The predicted octanol–water partition coefficient (Wildman–Crippen LogP) is 4.78. The van der Waals surface area contributed by atoms with Crippen molar-refractivity contribution in [2.75, 3.05) is 5.75 Å². The van der Waals surface area contributed by atoms with Gasteiger partial charge in [-0.05, 0) is 42.0 Å². The number of aromatic nitrogens is 3. The summed E-state index contributed by atoms with van der Waals surface area (Å²) in [4.78, 5) is 12.3. The minimum absolute atomic E-state index is 0.000178. The molecule has 1 aromatic heterocycles. The lowest BCUT2D eigenvalue weighted by molar-refractivity contribution is -0.141. The average molecular weight is 444 g/mol. The van der Waals surface area contributed by atoms with Gasteiger partial charge in [0, 0.05) is 5.69 Å². The van der Waals surface area contributed by atoms with E-state index in [-0.39, 0.29) is 12.4 Å². The molecule has 6 nitrogen and oxygen atoms in total. The molecule has 0 saturated heterocycles. The van der Waals surface area contributed by atoms with Gasteiger partial charge in [-0.3, -0.25) is 9.36 Å². The molecule has 8 heteroatoms. The molecule has 0 spiro atoms. The number of carbonyl (C=O) groups is 1. The Balaban J connectivity index is 1.52. The normalized spacial score (nSPS) is 10.5. The molecule has 0 amide bonds. The van der Waals surface area contributed by atoms with Gasteiger partial charge < -0.3 is 4.74 Å². The van der Waals surface area contributed by atoms with Crippen LogP contribution in [0.4, 0.5) is 4.39 Å². The number of nitrogens with zero attached hydrogens (tertiary/aromatic N) is 4. The summed E-state index contributed by atoms with van der Waals surface area (Å²) in [5, 5.41) is 17.8. The van der Waals surface area contributed by atoms with Gasteiger partial charge in [-0.2, -0.15) is 5.26 Å². The number of carbonyl (C=O) groups excluding carboxylic acids is 1. The maximum Gasteiger partial charge on any atom is 0.316 e. The fraction of sp³-hybridized carbons (Fsp3) is 0.0833. The maximum atomic E-state index is 14.4. The van der Waals surface area contributed by atoms with Gasteiger partial charge in [0.15, 0.2) is 11.0 Å². The molecule has 4 rings (SSSR count). The van der Waals surface area contributed by atoms with E-state index in [2.05, 4.69) is 16.3 Å². The van der Waals surface area contributed by atoms with Crippen LogP contribution in [0.1, 0.15) is 11.1 Å². The summed E-state index contributed by atoms with van der Waals surface area (Å²) >= 11 is 1.15. The number of ether oxygens (including phenoxy) is 1. The van der Waals surface area contributed by atoms with Gasteiger partial charge in [0.2, 0.25) is 0 Å². The zero-order valence-corrected chi connectivity index (χ0v) is 17.6. The molecule has 32 heavy (non-hydrogen) atoms. The first-order valence-corrected chi connectivity index (χ1v) is 10.7. The van der Waals surface area contributed by atoms with E-state index in [1.807, 2.05) is 30.3 Å². The van der Waals surface area contributed by atoms with E-state index in [4.69, 9.17) is 10.00 Å². The largest absolute Gasteiger partial charge is 0.460 e. The highest BCUT2D eigenvalue weighted by Gasteiger charge is 2.19. The van der Waals surface area contributed by atoms with E-state index >= 15 is 0 Å². The molecule has 1 heterocycles. The third-order valence-corrected chi connectivity index (χ3v) is 5.44. The van der Waals surface area contributed by atoms with E-state index in [0.717, 1.165) is 23.0 Å². The van der Waals surface area contributed by atoms with Gasteiger partial charge in [-0.15, -0.1) is 10.2 Å². The molecule has 0 fully saturated rings. The molecule has 0 saturated carbocycles. The third-order valence-electron chi connectivity index (χ3n) is 4.54. The summed E-state index contributed by atoms with van der Waals surface area (Å²) < 4.78 is 21.5. The van der Waals surface area contributed by atoms with Crippen LogP contribution in [0.2, 0.25) is 0 Å². The summed E-state index contributed by atoms with van der Waals surface area (Å²) in [5.74, 6) is -0.501. The SMILES string of the molecule is N#Cc1cccc(COC(=O)CSc2nnc(-c3ccccc3F)n2-c2ccccc2)c1. The van der Waals surface area contributed by atoms with Gasteiger partial charge in [0.05, 0.1) is 22.9 Å². The number of esters is 1. The first-order chi connectivity index (χ1) is 15.7. The summed E-state index contributed by atoms with van der Waals surface area (Å²) in [7, 11) is 0. The molecule has 0 radical (unpaired) electrons. The van der Waals surface area contributed by atoms with Gasteiger partial charge in [0.1, 0.15) is 12.4 Å². The Morgan fingerprint density at radius 2 is 1.81 bits per heavy atom. The van der Waals surface area contributed by atoms with Crippen LogP contribution in [0.5, 0.6) is 0 Å². The molecule has 0 bridgehead atoms. The van der Waals surface area contributed by atoms with Crippen LogP contribution in [-0.2, 0) is 16.1 Å². The Hall–Kier alpha value is -3.96. The van der Waals surface area contributed by atoms with Gasteiger partial charge >= 0.3 is 5.97 Å². The molecular formula is C24H17FN4O2S. The Morgan fingerprint density at radius 3 is 2.59 bits per heavy atom. The second kappa shape index (κ2) is 9.90. The van der Waals surface area contributed by atoms with E-state index in [1.54, 1.807) is 47.0 Å². The van der Waals surface area contributed by atoms with Crippen molar-refractivity contribution in [2.24, 2.45) is 0 Å². The summed E-state index contributed by atoms with van der Waals surface area (Å²) in [5.41, 5.74) is 2.30. The highest BCUT2D eigenvalue weighted by molar-refractivity contribution is 7.99. The van der Waals surface area contributed by atoms with Crippen LogP contribution in [0.15, 0.2) is 84.0 Å². The average Bonchev–Trinajstić information content (AvgIpc) is 3.26. The summed E-state index contributed by atoms with van der Waals surface area (Å²) in [6.07, 6.45) is 0. The van der Waals surface area contributed by atoms with Gasteiger partial charge in [-0.1, -0.05) is 54.2 Å². The van der Waals surface area contributed by atoms with Crippen molar-refractivity contribution in [2.45, 2.75) is 11.8 Å². The molecule has 158 valence electrons. The quantitative estimate of drug-likeness (QED) is 0.301. The highest BCUT2D eigenvalue weighted by atomic mass is 32.2. The molecule has 0 unspecified atom stereocenters. The maximum absolute atomic E-state index is 14.4. The van der Waals surface area contributed by atoms with Crippen LogP contribution in [-0.4, -0.2) is 26.5 Å². The molecule has 4 aromatic rings. The van der Waals surface area contributed by atoms with Gasteiger partial charge in [0.25, 0.3) is 0 Å². The highest BCUT2D eigenvalue weighted by Crippen LogP contribution is 2.29. The van der Waals surface area contributed by atoms with Gasteiger partial charge in [-0.25, -0.2) is 4.39 Å². The number of rotatable bonds is 7. The number of nitriles is 1. The lowest BCUT2D eigenvalue weighted by atomic mass is 10.1. The second-order valence-electron chi connectivity index (χ2n) is 6.72. The number of thioether (sulfide) groups is 1. The lowest BCUT2D eigenvalue weighted by Gasteiger charge is -2.11. The van der Waals surface area contributed by atoms with Crippen molar-refractivity contribution in [1.29, 1.82) is 5.26 Å². The monoisotopic (exact) mass is 444 g/mol. The molecule has 0 N–H and O–H groups in total. The van der Waals surface area contributed by atoms with Crippen molar-refractivity contribution in [3.63, 3.8) is 0 Å². The first-order valence-electron chi connectivity index (χ1n) is 9.69. The summed E-state index contributed by atoms with van der Waals surface area (Å²) in [6.45, 7) is 0.0702. The Labute approximate surface area is 188 Å². The van der Waals surface area contributed by atoms with E-state index in [0.29, 0.717) is 22.1 Å². The number of benzene rings is 3. The Kier molecular flexibility index (Phi) is 6.58. The smallest absolute Gasteiger partial charge is 0.316 e. The number of hydrogen-bond acceptors (Lipinski definition) is 6. The Morgan fingerprint density at radius 1 is 1.03 bits per heavy atom.